The third kappa shape index (κ3) is 1.42. The van der Waals surface area contributed by atoms with Crippen LogP contribution in [0.15, 0.2) is 6.07 Å². The van der Waals surface area contributed by atoms with E-state index in [4.69, 9.17) is 0 Å². The summed E-state index contributed by atoms with van der Waals surface area (Å²) >= 11 is 0. The summed E-state index contributed by atoms with van der Waals surface area (Å²) < 4.78 is 0. The second kappa shape index (κ2) is 2.97. The molecule has 0 heterocycles. The van der Waals surface area contributed by atoms with Crippen LogP contribution < -0.4 is 0 Å². The van der Waals surface area contributed by atoms with Gasteiger partial charge in [0.1, 0.15) is 11.3 Å². The Bertz CT molecular complexity index is 368. The molecule has 0 aliphatic carbocycles. The monoisotopic (exact) mass is 182 g/mol. The van der Waals surface area contributed by atoms with Crippen LogP contribution >= 0.6 is 0 Å². The molecule has 0 saturated heterocycles. The standard InChI is InChI=1S/C9H10O4/c1-4-3-6(11)7(5(2)10)9(13)8(4)12/h3,11-13H,1-2H3. The molecule has 0 atom stereocenters. The van der Waals surface area contributed by atoms with Gasteiger partial charge in [0.05, 0.1) is 0 Å². The van der Waals surface area contributed by atoms with E-state index in [1.54, 1.807) is 0 Å². The number of carbonyl (C=O) groups is 1. The molecule has 70 valence electrons. The molecule has 0 saturated carbocycles. The molecule has 1 aromatic carbocycles. The molecule has 3 N–H and O–H groups in total. The van der Waals surface area contributed by atoms with Crippen molar-refractivity contribution >= 4 is 5.78 Å². The number of phenolic OH excluding ortho intramolecular Hbond substituents is 3. The van der Waals surface area contributed by atoms with Crippen molar-refractivity contribution in [2.75, 3.05) is 0 Å². The highest BCUT2D eigenvalue weighted by Crippen LogP contribution is 2.38. The average Bonchev–Trinajstić information content (AvgIpc) is 1.99. The third-order valence-corrected chi connectivity index (χ3v) is 1.80. The lowest BCUT2D eigenvalue weighted by Crippen LogP contribution is -1.94. The molecule has 4 nitrogen and oxygen atoms in total. The fourth-order valence-corrected chi connectivity index (χ4v) is 1.12. The largest absolute Gasteiger partial charge is 0.507 e. The molecule has 0 fully saturated rings. The molecule has 0 radical (unpaired) electrons. The highest BCUT2D eigenvalue weighted by molar-refractivity contribution is 6.00. The van der Waals surface area contributed by atoms with Crippen molar-refractivity contribution < 1.29 is 20.1 Å². The third-order valence-electron chi connectivity index (χ3n) is 1.80. The maximum atomic E-state index is 10.9. The number of aromatic hydroxyl groups is 3. The average molecular weight is 182 g/mol. The summed E-state index contributed by atoms with van der Waals surface area (Å²) in [5.74, 6) is -1.75. The predicted octanol–water partition coefficient (Wildman–Crippen LogP) is 1.31. The van der Waals surface area contributed by atoms with Crippen LogP contribution in [-0.2, 0) is 0 Å². The fraction of sp³-hybridized carbons (Fsp3) is 0.222. The van der Waals surface area contributed by atoms with Crippen molar-refractivity contribution in [3.05, 3.63) is 17.2 Å². The molecule has 1 aromatic rings. The Labute approximate surface area is 75.1 Å². The van der Waals surface area contributed by atoms with Gasteiger partial charge in [0, 0.05) is 0 Å². The molecule has 0 aliphatic heterocycles. The Hall–Kier alpha value is -1.71. The van der Waals surface area contributed by atoms with E-state index >= 15 is 0 Å². The van der Waals surface area contributed by atoms with E-state index in [1.165, 1.54) is 19.9 Å². The number of rotatable bonds is 1. The van der Waals surface area contributed by atoms with E-state index < -0.39 is 11.5 Å². The molecular weight excluding hydrogens is 172 g/mol. The van der Waals surface area contributed by atoms with Gasteiger partial charge in [0.25, 0.3) is 0 Å². The molecule has 0 aromatic heterocycles. The molecule has 13 heavy (non-hydrogen) atoms. The van der Waals surface area contributed by atoms with Crippen LogP contribution in [0.3, 0.4) is 0 Å². The van der Waals surface area contributed by atoms with Gasteiger partial charge in [-0.1, -0.05) is 0 Å². The highest BCUT2D eigenvalue weighted by atomic mass is 16.3. The van der Waals surface area contributed by atoms with Crippen molar-refractivity contribution in [2.45, 2.75) is 13.8 Å². The topological polar surface area (TPSA) is 77.8 Å². The van der Waals surface area contributed by atoms with Gasteiger partial charge in [-0.05, 0) is 25.5 Å². The summed E-state index contributed by atoms with van der Waals surface area (Å²) in [6.07, 6.45) is 0. The number of carbonyl (C=O) groups excluding carboxylic acids is 1. The summed E-state index contributed by atoms with van der Waals surface area (Å²) in [7, 11) is 0. The van der Waals surface area contributed by atoms with Gasteiger partial charge in [-0.2, -0.15) is 0 Å². The second-order valence-electron chi connectivity index (χ2n) is 2.84. The molecule has 0 unspecified atom stereocenters. The molecule has 0 spiro atoms. The number of benzene rings is 1. The van der Waals surface area contributed by atoms with E-state index in [2.05, 4.69) is 0 Å². The zero-order valence-electron chi connectivity index (χ0n) is 7.33. The molecule has 0 bridgehead atoms. The lowest BCUT2D eigenvalue weighted by molar-refractivity contribution is 0.101. The van der Waals surface area contributed by atoms with Crippen LogP contribution in [0.25, 0.3) is 0 Å². The maximum absolute atomic E-state index is 10.9. The van der Waals surface area contributed by atoms with Gasteiger partial charge >= 0.3 is 0 Å². The first-order chi connectivity index (χ1) is 5.95. The van der Waals surface area contributed by atoms with Gasteiger partial charge in [-0.25, -0.2) is 0 Å². The summed E-state index contributed by atoms with van der Waals surface area (Å²) in [6, 6.07) is 1.23. The lowest BCUT2D eigenvalue weighted by atomic mass is 10.1. The molecule has 0 aliphatic rings. The quantitative estimate of drug-likeness (QED) is 0.347. The maximum Gasteiger partial charge on any atom is 0.172 e. The van der Waals surface area contributed by atoms with E-state index in [0.29, 0.717) is 5.56 Å². The second-order valence-corrected chi connectivity index (χ2v) is 2.84. The number of hydrogen-bond donors (Lipinski definition) is 3. The first-order valence-corrected chi connectivity index (χ1v) is 3.70. The van der Waals surface area contributed by atoms with Crippen molar-refractivity contribution in [2.24, 2.45) is 0 Å². The predicted molar refractivity (Wildman–Crippen MR) is 46.2 cm³/mol. The minimum atomic E-state index is -0.565. The molecule has 4 heteroatoms. The molecule has 1 rings (SSSR count). The van der Waals surface area contributed by atoms with Crippen LogP contribution in [0.1, 0.15) is 22.8 Å². The Kier molecular flexibility index (Phi) is 2.14. The molecular formula is C9H10O4. The minimum Gasteiger partial charge on any atom is -0.507 e. The smallest absolute Gasteiger partial charge is 0.172 e. The van der Waals surface area contributed by atoms with E-state index in [-0.39, 0.29) is 17.1 Å². The summed E-state index contributed by atoms with van der Waals surface area (Å²) in [4.78, 5) is 10.9. The molecule has 0 amide bonds. The van der Waals surface area contributed by atoms with Crippen LogP contribution in [-0.4, -0.2) is 21.1 Å². The van der Waals surface area contributed by atoms with Crippen LogP contribution in [0.5, 0.6) is 17.2 Å². The van der Waals surface area contributed by atoms with Gasteiger partial charge < -0.3 is 15.3 Å². The van der Waals surface area contributed by atoms with Crippen LogP contribution in [0.2, 0.25) is 0 Å². The number of phenols is 3. The first-order valence-electron chi connectivity index (χ1n) is 3.70. The number of aryl methyl sites for hydroxylation is 1. The lowest BCUT2D eigenvalue weighted by Gasteiger charge is -2.07. The number of Topliss-reactive ketones (excluding diaryl/α,β-unsaturated/α-hetero) is 1. The normalized spacial score (nSPS) is 10.0. The Morgan fingerprint density at radius 2 is 1.77 bits per heavy atom. The zero-order chi connectivity index (χ0) is 10.2. The van der Waals surface area contributed by atoms with Gasteiger partial charge in [-0.3, -0.25) is 4.79 Å². The van der Waals surface area contributed by atoms with E-state index in [0.717, 1.165) is 0 Å². The number of ketones is 1. The van der Waals surface area contributed by atoms with Crippen molar-refractivity contribution in [3.63, 3.8) is 0 Å². The van der Waals surface area contributed by atoms with Gasteiger partial charge in [0.2, 0.25) is 0 Å². The zero-order valence-corrected chi connectivity index (χ0v) is 7.33. The summed E-state index contributed by atoms with van der Waals surface area (Å²) in [6.45, 7) is 2.71. The van der Waals surface area contributed by atoms with E-state index in [1.807, 2.05) is 0 Å². The van der Waals surface area contributed by atoms with Crippen molar-refractivity contribution in [1.82, 2.24) is 0 Å². The Morgan fingerprint density at radius 1 is 1.23 bits per heavy atom. The fourth-order valence-electron chi connectivity index (χ4n) is 1.12. The van der Waals surface area contributed by atoms with E-state index in [9.17, 15) is 20.1 Å². The van der Waals surface area contributed by atoms with Gasteiger partial charge in [-0.15, -0.1) is 0 Å². The van der Waals surface area contributed by atoms with Crippen molar-refractivity contribution in [3.8, 4) is 17.2 Å². The van der Waals surface area contributed by atoms with Crippen molar-refractivity contribution in [1.29, 1.82) is 0 Å². The Balaban J connectivity index is 3.53. The summed E-state index contributed by atoms with van der Waals surface area (Å²) in [5.41, 5.74) is 0.0723. The highest BCUT2D eigenvalue weighted by Gasteiger charge is 2.17. The first kappa shape index (κ1) is 9.38. The van der Waals surface area contributed by atoms with Crippen LogP contribution in [0.4, 0.5) is 0 Å². The summed E-state index contributed by atoms with van der Waals surface area (Å²) in [5, 5.41) is 27.8. The Morgan fingerprint density at radius 3 is 2.23 bits per heavy atom. The SMILES string of the molecule is CC(=O)c1c(O)cc(C)c(O)c1O. The minimum absolute atomic E-state index is 0.247. The van der Waals surface area contributed by atoms with Gasteiger partial charge in [0.15, 0.2) is 17.3 Å². The number of hydrogen-bond acceptors (Lipinski definition) is 4. The van der Waals surface area contributed by atoms with Crippen LogP contribution in [0, 0.1) is 6.92 Å².